The van der Waals surface area contributed by atoms with Crippen molar-refractivity contribution in [2.45, 2.75) is 24.1 Å². The number of nitrogens with two attached hydrogens (primary N) is 1. The molecule has 5 heteroatoms. The van der Waals surface area contributed by atoms with E-state index in [2.05, 4.69) is 21.2 Å². The molecule has 1 heterocycles. The molecule has 1 atom stereocenters. The Morgan fingerprint density at radius 1 is 1.47 bits per heavy atom. The van der Waals surface area contributed by atoms with Gasteiger partial charge in [0.25, 0.3) is 0 Å². The Kier molecular flexibility index (Phi) is 6.20. The highest BCUT2D eigenvalue weighted by Crippen LogP contribution is 2.17. The Morgan fingerprint density at radius 3 is 2.80 bits per heavy atom. The molecule has 0 saturated carbocycles. The fourth-order valence-corrected chi connectivity index (χ4v) is 2.31. The van der Waals surface area contributed by atoms with Crippen molar-refractivity contribution < 1.29 is 4.79 Å². The van der Waals surface area contributed by atoms with Gasteiger partial charge in [-0.3, -0.25) is 4.79 Å². The topological polar surface area (TPSA) is 58.4 Å². The predicted molar refractivity (Wildman–Crippen MR) is 65.1 cm³/mol. The average molecular weight is 278 g/mol. The molecule has 0 aromatic rings. The lowest BCUT2D eigenvalue weighted by Crippen LogP contribution is -2.29. The summed E-state index contributed by atoms with van der Waals surface area (Å²) in [6, 6.07) is 0. The summed E-state index contributed by atoms with van der Waals surface area (Å²) >= 11 is 3.47. The number of carbonyl (C=O) groups excluding carboxylic acids is 1. The third-order valence-corrected chi connectivity index (χ3v) is 3.12. The zero-order chi connectivity index (χ0) is 11.1. The van der Waals surface area contributed by atoms with E-state index in [9.17, 15) is 4.79 Å². The molecule has 0 spiro atoms. The third-order valence-electron chi connectivity index (χ3n) is 2.51. The van der Waals surface area contributed by atoms with Gasteiger partial charge in [-0.1, -0.05) is 15.9 Å². The molecule has 1 aliphatic heterocycles. The lowest BCUT2D eigenvalue weighted by molar-refractivity contribution is -0.127. The maximum Gasteiger partial charge on any atom is 0.223 e. The number of likely N-dealkylation sites (tertiary alicyclic amines) is 1. The van der Waals surface area contributed by atoms with Gasteiger partial charge in [-0.05, 0) is 32.5 Å². The van der Waals surface area contributed by atoms with Gasteiger partial charge in [0.05, 0.1) is 0 Å². The number of nitrogens with one attached hydrogen (secondary N) is 1. The van der Waals surface area contributed by atoms with Crippen LogP contribution in [0.25, 0.3) is 0 Å². The Morgan fingerprint density at radius 2 is 2.20 bits per heavy atom. The fourth-order valence-electron chi connectivity index (χ4n) is 1.69. The lowest BCUT2D eigenvalue weighted by Gasteiger charge is -2.15. The number of alkyl halides is 1. The molecule has 1 unspecified atom stereocenters. The van der Waals surface area contributed by atoms with Crippen molar-refractivity contribution in [1.82, 2.24) is 10.2 Å². The van der Waals surface area contributed by atoms with Crippen LogP contribution in [0.2, 0.25) is 0 Å². The minimum atomic E-state index is 0.277. The number of amides is 1. The summed E-state index contributed by atoms with van der Waals surface area (Å²) in [6.45, 7) is 4.42. The van der Waals surface area contributed by atoms with Gasteiger partial charge in [0.1, 0.15) is 0 Å². The number of carbonyl (C=O) groups is 1. The summed E-state index contributed by atoms with van der Waals surface area (Å²) in [5, 5.41) is 3.31. The predicted octanol–water partition coefficient (Wildman–Crippen LogP) is 0.311. The molecule has 0 bridgehead atoms. The van der Waals surface area contributed by atoms with E-state index in [1.165, 1.54) is 0 Å². The van der Waals surface area contributed by atoms with E-state index in [0.29, 0.717) is 11.2 Å². The SMILES string of the molecule is NCCCNCCCN1CC(Br)CC1=O. The van der Waals surface area contributed by atoms with Crippen molar-refractivity contribution in [2.75, 3.05) is 32.7 Å². The molecule has 1 aliphatic rings. The van der Waals surface area contributed by atoms with Gasteiger partial charge in [0, 0.05) is 24.3 Å². The summed E-state index contributed by atoms with van der Waals surface area (Å²) in [4.78, 5) is 13.7. The summed E-state index contributed by atoms with van der Waals surface area (Å²) in [7, 11) is 0. The van der Waals surface area contributed by atoms with Crippen molar-refractivity contribution in [3.05, 3.63) is 0 Å². The zero-order valence-corrected chi connectivity index (χ0v) is 10.6. The first-order chi connectivity index (χ1) is 7.24. The van der Waals surface area contributed by atoms with Crippen molar-refractivity contribution in [3.8, 4) is 0 Å². The fraction of sp³-hybridized carbons (Fsp3) is 0.900. The Bertz CT molecular complexity index is 201. The largest absolute Gasteiger partial charge is 0.341 e. The molecule has 0 aliphatic carbocycles. The highest BCUT2D eigenvalue weighted by molar-refractivity contribution is 9.09. The van der Waals surface area contributed by atoms with Crippen LogP contribution in [-0.4, -0.2) is 48.4 Å². The number of hydrogen-bond acceptors (Lipinski definition) is 3. The number of rotatable bonds is 7. The monoisotopic (exact) mass is 277 g/mol. The number of nitrogens with zero attached hydrogens (tertiary/aromatic N) is 1. The van der Waals surface area contributed by atoms with Gasteiger partial charge in [-0.25, -0.2) is 0 Å². The van der Waals surface area contributed by atoms with E-state index >= 15 is 0 Å². The molecule has 1 saturated heterocycles. The van der Waals surface area contributed by atoms with Gasteiger partial charge in [0.2, 0.25) is 5.91 Å². The summed E-state index contributed by atoms with van der Waals surface area (Å²) in [5.74, 6) is 0.277. The molecule has 0 aromatic heterocycles. The van der Waals surface area contributed by atoms with Crippen LogP contribution in [0.4, 0.5) is 0 Å². The van der Waals surface area contributed by atoms with E-state index in [1.54, 1.807) is 0 Å². The summed E-state index contributed by atoms with van der Waals surface area (Å²) in [6.07, 6.45) is 2.70. The average Bonchev–Trinajstić information content (AvgIpc) is 2.51. The zero-order valence-electron chi connectivity index (χ0n) is 9.04. The van der Waals surface area contributed by atoms with Crippen LogP contribution in [0.1, 0.15) is 19.3 Å². The summed E-state index contributed by atoms with van der Waals surface area (Å²) < 4.78 is 0. The summed E-state index contributed by atoms with van der Waals surface area (Å²) in [5.41, 5.74) is 5.38. The standard InChI is InChI=1S/C10H20BrN3O/c11-9-7-10(15)14(8-9)6-2-5-13-4-1-3-12/h9,13H,1-8,12H2. The smallest absolute Gasteiger partial charge is 0.223 e. The van der Waals surface area contributed by atoms with E-state index in [1.807, 2.05) is 4.90 Å². The first-order valence-corrected chi connectivity index (χ1v) is 6.48. The van der Waals surface area contributed by atoms with Crippen LogP contribution < -0.4 is 11.1 Å². The van der Waals surface area contributed by atoms with Crippen molar-refractivity contribution in [1.29, 1.82) is 0 Å². The highest BCUT2D eigenvalue weighted by Gasteiger charge is 2.26. The van der Waals surface area contributed by atoms with Crippen LogP contribution in [-0.2, 0) is 4.79 Å². The minimum absolute atomic E-state index is 0.277. The molecule has 1 fully saturated rings. The van der Waals surface area contributed by atoms with E-state index in [-0.39, 0.29) is 5.91 Å². The second-order valence-electron chi connectivity index (χ2n) is 3.89. The molecule has 0 radical (unpaired) electrons. The second-order valence-corrected chi connectivity index (χ2v) is 5.18. The normalized spacial score (nSPS) is 21.3. The van der Waals surface area contributed by atoms with Crippen LogP contribution in [0.3, 0.4) is 0 Å². The lowest BCUT2D eigenvalue weighted by atomic mass is 10.3. The van der Waals surface area contributed by atoms with Gasteiger partial charge in [-0.2, -0.15) is 0 Å². The Labute approximate surface area is 99.7 Å². The molecule has 4 nitrogen and oxygen atoms in total. The number of halogens is 1. The van der Waals surface area contributed by atoms with Crippen molar-refractivity contribution in [2.24, 2.45) is 5.73 Å². The van der Waals surface area contributed by atoms with Crippen molar-refractivity contribution >= 4 is 21.8 Å². The van der Waals surface area contributed by atoms with Gasteiger partial charge in [-0.15, -0.1) is 0 Å². The maximum atomic E-state index is 11.4. The van der Waals surface area contributed by atoms with Crippen LogP contribution in [0.5, 0.6) is 0 Å². The Balaban J connectivity index is 1.98. The minimum Gasteiger partial charge on any atom is -0.341 e. The van der Waals surface area contributed by atoms with Gasteiger partial charge < -0.3 is 16.0 Å². The molecule has 3 N–H and O–H groups in total. The third kappa shape index (κ3) is 4.95. The molecule has 1 amide bonds. The van der Waals surface area contributed by atoms with Gasteiger partial charge in [0.15, 0.2) is 0 Å². The second kappa shape index (κ2) is 7.19. The van der Waals surface area contributed by atoms with Crippen LogP contribution in [0, 0.1) is 0 Å². The molecule has 1 rings (SSSR count). The van der Waals surface area contributed by atoms with E-state index in [4.69, 9.17) is 5.73 Å². The van der Waals surface area contributed by atoms with E-state index < -0.39 is 0 Å². The molecule has 88 valence electrons. The van der Waals surface area contributed by atoms with E-state index in [0.717, 1.165) is 45.6 Å². The maximum absolute atomic E-state index is 11.4. The first-order valence-electron chi connectivity index (χ1n) is 5.56. The van der Waals surface area contributed by atoms with Crippen molar-refractivity contribution in [3.63, 3.8) is 0 Å². The van der Waals surface area contributed by atoms with Crippen LogP contribution >= 0.6 is 15.9 Å². The first kappa shape index (κ1) is 12.9. The highest BCUT2D eigenvalue weighted by atomic mass is 79.9. The molecular formula is C10H20BrN3O. The molecular weight excluding hydrogens is 258 g/mol. The Hall–Kier alpha value is -0.130. The van der Waals surface area contributed by atoms with Crippen LogP contribution in [0.15, 0.2) is 0 Å². The molecule has 15 heavy (non-hydrogen) atoms. The number of hydrogen-bond donors (Lipinski definition) is 2. The van der Waals surface area contributed by atoms with Gasteiger partial charge >= 0.3 is 0 Å². The molecule has 0 aromatic carbocycles. The quantitative estimate of drug-likeness (QED) is 0.520.